The summed E-state index contributed by atoms with van der Waals surface area (Å²) < 4.78 is 19.4. The molecular weight excluding hydrogens is 377 g/mol. The zero-order chi connectivity index (χ0) is 21.0. The zero-order valence-corrected chi connectivity index (χ0v) is 16.5. The van der Waals surface area contributed by atoms with Crippen molar-refractivity contribution in [1.29, 1.82) is 0 Å². The Morgan fingerprint density at radius 2 is 1.97 bits per heavy atom. The summed E-state index contributed by atoms with van der Waals surface area (Å²) in [5.41, 5.74) is 0.697. The molecule has 3 rings (SSSR count). The molecule has 0 N–H and O–H groups in total. The van der Waals surface area contributed by atoms with E-state index in [1.165, 1.54) is 18.2 Å². The summed E-state index contributed by atoms with van der Waals surface area (Å²) >= 11 is 0. The predicted octanol–water partition coefficient (Wildman–Crippen LogP) is 2.41. The van der Waals surface area contributed by atoms with Crippen LogP contribution in [0.1, 0.15) is 32.7 Å². The van der Waals surface area contributed by atoms with Gasteiger partial charge in [-0.25, -0.2) is 9.07 Å². The maximum atomic E-state index is 13.2. The van der Waals surface area contributed by atoms with E-state index in [2.05, 4.69) is 5.10 Å². The zero-order valence-electron chi connectivity index (χ0n) is 16.5. The third kappa shape index (κ3) is 4.70. The molecule has 0 spiro atoms. The lowest BCUT2D eigenvalue weighted by molar-refractivity contribution is -0.151. The van der Waals surface area contributed by atoms with Crippen molar-refractivity contribution in [3.63, 3.8) is 0 Å². The molecule has 1 aromatic heterocycles. The van der Waals surface area contributed by atoms with Gasteiger partial charge in [0.15, 0.2) is 0 Å². The summed E-state index contributed by atoms with van der Waals surface area (Å²) in [5.74, 6) is -1.29. The number of nitrogens with zero attached hydrogens (tertiary/aromatic N) is 3. The largest absolute Gasteiger partial charge is 0.466 e. The number of esters is 1. The maximum absolute atomic E-state index is 13.2. The third-order valence-electron chi connectivity index (χ3n) is 5.04. The van der Waals surface area contributed by atoms with Crippen LogP contribution < -0.4 is 5.56 Å². The van der Waals surface area contributed by atoms with E-state index in [-0.39, 0.29) is 30.2 Å². The third-order valence-corrected chi connectivity index (χ3v) is 5.04. The van der Waals surface area contributed by atoms with Crippen LogP contribution in [0.25, 0.3) is 11.3 Å². The Morgan fingerprint density at radius 1 is 1.24 bits per heavy atom. The predicted molar refractivity (Wildman–Crippen MR) is 105 cm³/mol. The van der Waals surface area contributed by atoms with Crippen LogP contribution >= 0.6 is 0 Å². The number of likely N-dealkylation sites (tertiary alicyclic amines) is 1. The Hall–Kier alpha value is -3.03. The Morgan fingerprint density at radius 3 is 2.66 bits per heavy atom. The van der Waals surface area contributed by atoms with Crippen molar-refractivity contribution >= 4 is 11.9 Å². The van der Waals surface area contributed by atoms with Crippen LogP contribution in [0.2, 0.25) is 0 Å². The van der Waals surface area contributed by atoms with Gasteiger partial charge >= 0.3 is 5.97 Å². The van der Waals surface area contributed by atoms with Crippen LogP contribution in [-0.4, -0.2) is 46.3 Å². The fraction of sp³-hybridized carbons (Fsp3) is 0.429. The fourth-order valence-electron chi connectivity index (χ4n) is 3.48. The number of piperidine rings is 1. The highest BCUT2D eigenvalue weighted by Crippen LogP contribution is 2.21. The Labute approximate surface area is 168 Å². The first-order valence-corrected chi connectivity index (χ1v) is 9.72. The number of rotatable bonds is 5. The molecule has 0 aliphatic carbocycles. The molecule has 1 saturated heterocycles. The highest BCUT2D eigenvalue weighted by molar-refractivity contribution is 5.81. The second-order valence-corrected chi connectivity index (χ2v) is 7.06. The van der Waals surface area contributed by atoms with Gasteiger partial charge in [-0.2, -0.15) is 5.10 Å². The first-order valence-electron chi connectivity index (χ1n) is 9.72. The van der Waals surface area contributed by atoms with Crippen molar-refractivity contribution in [3.8, 4) is 11.3 Å². The molecule has 1 fully saturated rings. The lowest BCUT2D eigenvalue weighted by Crippen LogP contribution is -2.46. The van der Waals surface area contributed by atoms with E-state index in [9.17, 15) is 18.8 Å². The van der Waals surface area contributed by atoms with E-state index in [1.807, 2.05) is 0 Å². The molecule has 0 bridgehead atoms. The molecular formula is C21H24FN3O4. The number of halogens is 1. The lowest BCUT2D eigenvalue weighted by atomic mass is 9.97. The summed E-state index contributed by atoms with van der Waals surface area (Å²) in [6.45, 7) is 4.45. The molecule has 29 heavy (non-hydrogen) atoms. The maximum Gasteiger partial charge on any atom is 0.310 e. The standard InChI is InChI=1S/C21H24FN3O4/c1-3-29-21(28)16-5-4-12-24(13-16)20(27)14(2)25-19(26)11-10-18(23-25)15-6-8-17(22)9-7-15/h6-11,14,16H,3-5,12-13H2,1-2H3. The van der Waals surface area contributed by atoms with Crippen LogP contribution in [0.5, 0.6) is 0 Å². The monoisotopic (exact) mass is 401 g/mol. The molecule has 0 saturated carbocycles. The van der Waals surface area contributed by atoms with Gasteiger partial charge in [0.05, 0.1) is 18.2 Å². The number of carbonyl (C=O) groups excluding carboxylic acids is 2. The highest BCUT2D eigenvalue weighted by atomic mass is 19.1. The second kappa shape index (κ2) is 8.98. The van der Waals surface area contributed by atoms with E-state index in [0.29, 0.717) is 37.3 Å². The Kier molecular flexibility index (Phi) is 6.41. The van der Waals surface area contributed by atoms with Crippen LogP contribution in [-0.2, 0) is 14.3 Å². The molecule has 1 aromatic carbocycles. The van der Waals surface area contributed by atoms with Crippen molar-refractivity contribution in [3.05, 3.63) is 52.6 Å². The lowest BCUT2D eigenvalue weighted by Gasteiger charge is -2.33. The number of aromatic nitrogens is 2. The molecule has 2 unspecified atom stereocenters. The average Bonchev–Trinajstić information content (AvgIpc) is 2.74. The van der Waals surface area contributed by atoms with Crippen molar-refractivity contribution < 1.29 is 18.7 Å². The summed E-state index contributed by atoms with van der Waals surface area (Å²) in [6.07, 6.45) is 1.37. The number of benzene rings is 1. The van der Waals surface area contributed by atoms with Gasteiger partial charge < -0.3 is 9.64 Å². The van der Waals surface area contributed by atoms with Gasteiger partial charge in [0, 0.05) is 24.7 Å². The minimum Gasteiger partial charge on any atom is -0.466 e. The SMILES string of the molecule is CCOC(=O)C1CCCN(C(=O)C(C)n2nc(-c3ccc(F)cc3)ccc2=O)C1. The number of ether oxygens (including phenoxy) is 1. The highest BCUT2D eigenvalue weighted by Gasteiger charge is 2.32. The van der Waals surface area contributed by atoms with Crippen molar-refractivity contribution in [2.24, 2.45) is 5.92 Å². The van der Waals surface area contributed by atoms with Crippen molar-refractivity contribution in [1.82, 2.24) is 14.7 Å². The van der Waals surface area contributed by atoms with E-state index in [1.54, 1.807) is 36.9 Å². The van der Waals surface area contributed by atoms with Gasteiger partial charge in [0.25, 0.3) is 5.56 Å². The van der Waals surface area contributed by atoms with E-state index < -0.39 is 11.6 Å². The minimum atomic E-state index is -0.830. The Balaban J connectivity index is 1.80. The molecule has 0 radical (unpaired) electrons. The number of hydrogen-bond donors (Lipinski definition) is 0. The number of amides is 1. The van der Waals surface area contributed by atoms with Gasteiger partial charge in [-0.15, -0.1) is 0 Å². The van der Waals surface area contributed by atoms with Crippen molar-refractivity contribution in [2.75, 3.05) is 19.7 Å². The van der Waals surface area contributed by atoms with Gasteiger partial charge in [-0.1, -0.05) is 0 Å². The number of hydrogen-bond acceptors (Lipinski definition) is 5. The molecule has 2 atom stereocenters. The van der Waals surface area contributed by atoms with Gasteiger partial charge in [-0.3, -0.25) is 14.4 Å². The van der Waals surface area contributed by atoms with Crippen molar-refractivity contribution in [2.45, 2.75) is 32.7 Å². The first kappa shape index (κ1) is 20.7. The van der Waals surface area contributed by atoms with Crippen LogP contribution in [0, 0.1) is 11.7 Å². The van der Waals surface area contributed by atoms with Gasteiger partial charge in [0.2, 0.25) is 5.91 Å². The molecule has 154 valence electrons. The molecule has 8 heteroatoms. The molecule has 7 nitrogen and oxygen atoms in total. The van der Waals surface area contributed by atoms with Crippen LogP contribution in [0.4, 0.5) is 4.39 Å². The molecule has 2 aromatic rings. The molecule has 1 aliphatic heterocycles. The summed E-state index contributed by atoms with van der Waals surface area (Å²) in [5, 5.41) is 4.31. The quantitative estimate of drug-likeness (QED) is 0.719. The van der Waals surface area contributed by atoms with Crippen LogP contribution in [0.3, 0.4) is 0 Å². The molecule has 2 heterocycles. The van der Waals surface area contributed by atoms with E-state index in [0.717, 1.165) is 4.68 Å². The molecule has 1 aliphatic rings. The van der Waals surface area contributed by atoms with Gasteiger partial charge in [0.1, 0.15) is 11.9 Å². The minimum absolute atomic E-state index is 0.272. The first-order chi connectivity index (χ1) is 13.9. The van der Waals surface area contributed by atoms with Gasteiger partial charge in [-0.05, 0) is 57.0 Å². The summed E-state index contributed by atoms with van der Waals surface area (Å²) in [6, 6.07) is 7.80. The summed E-state index contributed by atoms with van der Waals surface area (Å²) in [7, 11) is 0. The smallest absolute Gasteiger partial charge is 0.310 e. The van der Waals surface area contributed by atoms with E-state index in [4.69, 9.17) is 4.74 Å². The summed E-state index contributed by atoms with van der Waals surface area (Å²) in [4.78, 5) is 39.0. The molecule has 1 amide bonds. The fourth-order valence-corrected chi connectivity index (χ4v) is 3.48. The Bertz CT molecular complexity index is 942. The normalized spacial score (nSPS) is 17.6. The number of carbonyl (C=O) groups is 2. The second-order valence-electron chi connectivity index (χ2n) is 7.06. The average molecular weight is 401 g/mol. The van der Waals surface area contributed by atoms with Crippen LogP contribution in [0.15, 0.2) is 41.2 Å². The van der Waals surface area contributed by atoms with E-state index >= 15 is 0 Å². The topological polar surface area (TPSA) is 81.5 Å².